The summed E-state index contributed by atoms with van der Waals surface area (Å²) in [6.07, 6.45) is 2.82. The lowest BCUT2D eigenvalue weighted by atomic mass is 10.0. The quantitative estimate of drug-likeness (QED) is 0.437. The van der Waals surface area contributed by atoms with E-state index in [0.717, 1.165) is 54.3 Å². The first-order chi connectivity index (χ1) is 16.9. The zero-order valence-corrected chi connectivity index (χ0v) is 22.6. The molecule has 2 aliphatic rings. The summed E-state index contributed by atoms with van der Waals surface area (Å²) in [7, 11) is 0. The van der Waals surface area contributed by atoms with Gasteiger partial charge in [-0.2, -0.15) is 0 Å². The number of aliphatic imine (C=N–C) groups is 1. The lowest BCUT2D eigenvalue weighted by Gasteiger charge is -2.32. The highest BCUT2D eigenvalue weighted by Crippen LogP contribution is 2.29. The van der Waals surface area contributed by atoms with Gasteiger partial charge in [0.25, 0.3) is 0 Å². The van der Waals surface area contributed by atoms with Gasteiger partial charge in [-0.05, 0) is 59.4 Å². The molecule has 10 heteroatoms. The van der Waals surface area contributed by atoms with Gasteiger partial charge in [0.2, 0.25) is 5.91 Å². The smallest absolute Gasteiger partial charge is 0.220 e. The third-order valence-electron chi connectivity index (χ3n) is 6.28. The van der Waals surface area contributed by atoms with E-state index in [1.54, 1.807) is 11.8 Å². The van der Waals surface area contributed by atoms with Gasteiger partial charge in [0.1, 0.15) is 5.75 Å². The number of nitrogens with one attached hydrogen (secondary N) is 1. The number of carbonyl (C=O) groups is 1. The number of piperidine rings is 1. The van der Waals surface area contributed by atoms with Gasteiger partial charge in [-0.1, -0.05) is 53.2 Å². The van der Waals surface area contributed by atoms with Crippen LogP contribution in [0, 0.1) is 0 Å². The SMILES string of the molecule is NC1=NC(c2ccc([S+]([O-])CCCC(=O)NC3CCN(Cc4ccc(Cl)c(Cl)c4)CC3)cc2)CS1. The number of hydrogen-bond donors (Lipinski definition) is 2. The Hall–Kier alpha value is -1.42. The first-order valence-electron chi connectivity index (χ1n) is 11.8. The van der Waals surface area contributed by atoms with Crippen LogP contribution in [0.4, 0.5) is 0 Å². The molecule has 2 unspecified atom stereocenters. The van der Waals surface area contributed by atoms with Gasteiger partial charge in [-0.15, -0.1) is 0 Å². The fourth-order valence-electron chi connectivity index (χ4n) is 4.32. The summed E-state index contributed by atoms with van der Waals surface area (Å²) >= 11 is 12.5. The fraction of sp³-hybridized carbons (Fsp3) is 0.440. The minimum absolute atomic E-state index is 0.0365. The van der Waals surface area contributed by atoms with E-state index in [9.17, 15) is 9.35 Å². The number of thioether (sulfide) groups is 1. The van der Waals surface area contributed by atoms with Gasteiger partial charge in [0.15, 0.2) is 10.1 Å². The van der Waals surface area contributed by atoms with Crippen molar-refractivity contribution >= 4 is 57.2 Å². The van der Waals surface area contributed by atoms with E-state index in [1.807, 2.05) is 42.5 Å². The first-order valence-corrected chi connectivity index (χ1v) is 14.8. The highest BCUT2D eigenvalue weighted by atomic mass is 35.5. The number of rotatable bonds is 9. The Morgan fingerprint density at radius 2 is 1.91 bits per heavy atom. The maximum absolute atomic E-state index is 12.6. The van der Waals surface area contributed by atoms with Gasteiger partial charge in [-0.3, -0.25) is 14.7 Å². The molecule has 188 valence electrons. The molecule has 1 fully saturated rings. The average molecular weight is 554 g/mol. The van der Waals surface area contributed by atoms with E-state index in [0.29, 0.717) is 33.8 Å². The van der Waals surface area contributed by atoms with Crippen LogP contribution in [-0.2, 0) is 22.5 Å². The lowest BCUT2D eigenvalue weighted by molar-refractivity contribution is -0.122. The van der Waals surface area contributed by atoms with Crippen LogP contribution in [-0.4, -0.2) is 51.2 Å². The van der Waals surface area contributed by atoms with E-state index < -0.39 is 11.2 Å². The Bertz CT molecular complexity index is 1050. The molecule has 0 bridgehead atoms. The second kappa shape index (κ2) is 12.7. The van der Waals surface area contributed by atoms with Gasteiger partial charge in [0, 0.05) is 44.3 Å². The number of hydrogen-bond acceptors (Lipinski definition) is 6. The Kier molecular flexibility index (Phi) is 9.67. The molecule has 1 amide bonds. The van der Waals surface area contributed by atoms with E-state index in [1.165, 1.54) is 0 Å². The third kappa shape index (κ3) is 7.78. The molecule has 1 saturated heterocycles. The summed E-state index contributed by atoms with van der Waals surface area (Å²) in [4.78, 5) is 20.0. The molecule has 2 heterocycles. The number of halogens is 2. The fourth-order valence-corrected chi connectivity index (χ4v) is 6.52. The number of amides is 1. The van der Waals surface area contributed by atoms with Crippen molar-refractivity contribution in [2.45, 2.75) is 49.2 Å². The van der Waals surface area contributed by atoms with Crippen LogP contribution in [0.5, 0.6) is 0 Å². The molecule has 2 aromatic carbocycles. The molecule has 35 heavy (non-hydrogen) atoms. The minimum atomic E-state index is -1.12. The van der Waals surface area contributed by atoms with E-state index in [-0.39, 0.29) is 18.0 Å². The molecule has 2 atom stereocenters. The summed E-state index contributed by atoms with van der Waals surface area (Å²) < 4.78 is 12.6. The maximum atomic E-state index is 12.6. The Morgan fingerprint density at radius 3 is 2.57 bits per heavy atom. The van der Waals surface area contributed by atoms with Crippen molar-refractivity contribution in [1.29, 1.82) is 0 Å². The molecule has 3 N–H and O–H groups in total. The van der Waals surface area contributed by atoms with Gasteiger partial charge in [0.05, 0.1) is 16.1 Å². The zero-order chi connectivity index (χ0) is 24.8. The van der Waals surface area contributed by atoms with Crippen molar-refractivity contribution in [2.24, 2.45) is 10.7 Å². The summed E-state index contributed by atoms with van der Waals surface area (Å²) in [6, 6.07) is 13.7. The van der Waals surface area contributed by atoms with Crippen LogP contribution < -0.4 is 11.1 Å². The van der Waals surface area contributed by atoms with Crippen LogP contribution >= 0.6 is 35.0 Å². The highest BCUT2D eigenvalue weighted by molar-refractivity contribution is 8.14. The monoisotopic (exact) mass is 552 g/mol. The number of benzene rings is 2. The largest absolute Gasteiger partial charge is 0.611 e. The summed E-state index contributed by atoms with van der Waals surface area (Å²) in [5.41, 5.74) is 7.97. The molecule has 6 nitrogen and oxygen atoms in total. The number of carbonyl (C=O) groups excluding carboxylic acids is 1. The van der Waals surface area contributed by atoms with E-state index in [2.05, 4.69) is 15.2 Å². The summed E-state index contributed by atoms with van der Waals surface area (Å²) in [6.45, 7) is 2.66. The van der Waals surface area contributed by atoms with Crippen molar-refractivity contribution in [3.8, 4) is 0 Å². The number of likely N-dealkylation sites (tertiary alicyclic amines) is 1. The maximum Gasteiger partial charge on any atom is 0.220 e. The predicted octanol–water partition coefficient (Wildman–Crippen LogP) is 4.76. The van der Waals surface area contributed by atoms with Gasteiger partial charge < -0.3 is 15.6 Å². The zero-order valence-electron chi connectivity index (χ0n) is 19.4. The molecule has 0 aromatic heterocycles. The van der Waals surface area contributed by atoms with Gasteiger partial charge in [-0.25, -0.2) is 0 Å². The van der Waals surface area contributed by atoms with Crippen LogP contribution in [0.25, 0.3) is 0 Å². The van der Waals surface area contributed by atoms with Crippen LogP contribution in [0.2, 0.25) is 10.0 Å². The molecule has 4 rings (SSSR count). The van der Waals surface area contributed by atoms with Crippen molar-refractivity contribution < 1.29 is 9.35 Å². The number of nitrogens with two attached hydrogens (primary N) is 1. The Balaban J connectivity index is 1.13. The van der Waals surface area contributed by atoms with Gasteiger partial charge >= 0.3 is 0 Å². The molecule has 2 aromatic rings. The Morgan fingerprint density at radius 1 is 1.17 bits per heavy atom. The standard InChI is InChI=1S/C25H30Cl2N4O2S2/c26-21-8-3-17(14-22(21)27)15-31-11-9-19(10-12-31)29-24(32)2-1-13-35(33)20-6-4-18(5-7-20)23-16-34-25(28)30-23/h3-8,14,19,23H,1-2,9-13,15-16H2,(H2,28,30)(H,29,32). The molecule has 0 radical (unpaired) electrons. The van der Waals surface area contributed by atoms with Crippen molar-refractivity contribution in [3.05, 3.63) is 63.6 Å². The second-order valence-electron chi connectivity index (χ2n) is 8.88. The predicted molar refractivity (Wildman–Crippen MR) is 147 cm³/mol. The van der Waals surface area contributed by atoms with Crippen LogP contribution in [0.3, 0.4) is 0 Å². The lowest BCUT2D eigenvalue weighted by Crippen LogP contribution is -2.44. The molecular weight excluding hydrogens is 523 g/mol. The van der Waals surface area contributed by atoms with E-state index in [4.69, 9.17) is 28.9 Å². The highest BCUT2D eigenvalue weighted by Gasteiger charge is 2.22. The molecule has 0 aliphatic carbocycles. The van der Waals surface area contributed by atoms with Crippen LogP contribution in [0.15, 0.2) is 52.4 Å². The van der Waals surface area contributed by atoms with Crippen molar-refractivity contribution in [2.75, 3.05) is 24.6 Å². The molecular formula is C25H30Cl2N4O2S2. The van der Waals surface area contributed by atoms with Crippen molar-refractivity contribution in [1.82, 2.24) is 10.2 Å². The Labute approximate surface area is 224 Å². The van der Waals surface area contributed by atoms with Crippen LogP contribution in [0.1, 0.15) is 42.9 Å². The normalized spacial score (nSPS) is 20.0. The van der Waals surface area contributed by atoms with E-state index >= 15 is 0 Å². The topological polar surface area (TPSA) is 93.8 Å². The van der Waals surface area contributed by atoms with Crippen molar-refractivity contribution in [3.63, 3.8) is 0 Å². The summed E-state index contributed by atoms with van der Waals surface area (Å²) in [5.74, 6) is 1.35. The third-order valence-corrected chi connectivity index (χ3v) is 9.36. The number of nitrogens with zero attached hydrogens (tertiary/aromatic N) is 2. The molecule has 0 saturated carbocycles. The average Bonchev–Trinajstić information content (AvgIpc) is 3.29. The molecule has 0 spiro atoms. The second-order valence-corrected chi connectivity index (χ2v) is 12.3. The minimum Gasteiger partial charge on any atom is -0.611 e. The number of amidine groups is 1. The molecule has 2 aliphatic heterocycles. The summed E-state index contributed by atoms with van der Waals surface area (Å²) in [5, 5.41) is 4.91. The first kappa shape index (κ1) is 26.6.